The topological polar surface area (TPSA) is 155 Å². The van der Waals surface area contributed by atoms with Gasteiger partial charge in [0.15, 0.2) is 17.2 Å². The number of carbonyl (C=O) groups excluding carboxylic acids is 1. The molecule has 3 aromatic rings. The molecule has 2 atom stereocenters. The van der Waals surface area contributed by atoms with Gasteiger partial charge in [0.25, 0.3) is 0 Å². The van der Waals surface area contributed by atoms with Gasteiger partial charge in [-0.15, -0.1) is 0 Å². The zero-order valence-electron chi connectivity index (χ0n) is 20.2. The van der Waals surface area contributed by atoms with Gasteiger partial charge in [0.05, 0.1) is 12.2 Å². The first-order valence-corrected chi connectivity index (χ1v) is 11.5. The highest BCUT2D eigenvalue weighted by atomic mass is 16.5. The molecule has 10 nitrogen and oxygen atoms in total. The number of rotatable bonds is 13. The first-order valence-electron chi connectivity index (χ1n) is 11.5. The monoisotopic (exact) mass is 514 g/mol. The average Bonchev–Trinajstić information content (AvgIpc) is 2.89. The molecule has 0 spiro atoms. The van der Waals surface area contributed by atoms with Crippen LogP contribution in [0, 0.1) is 0 Å². The quantitative estimate of drug-likeness (QED) is 0.170. The van der Waals surface area contributed by atoms with Crippen LogP contribution in [0.3, 0.4) is 0 Å². The molecule has 0 radical (unpaired) electrons. The van der Waals surface area contributed by atoms with E-state index in [1.54, 1.807) is 12.1 Å². The van der Waals surface area contributed by atoms with E-state index in [4.69, 9.17) is 18.9 Å². The molecule has 0 saturated carbocycles. The number of aromatic hydroxyl groups is 3. The fraction of sp³-hybridized carbons (Fsp3) is 0.296. The Bertz CT molecular complexity index is 1120. The van der Waals surface area contributed by atoms with E-state index >= 15 is 0 Å². The van der Waals surface area contributed by atoms with E-state index in [2.05, 4.69) is 0 Å². The number of carbonyl (C=O) groups is 1. The third kappa shape index (κ3) is 8.57. The highest BCUT2D eigenvalue weighted by Crippen LogP contribution is 2.35. The molecule has 0 aliphatic heterocycles. The summed E-state index contributed by atoms with van der Waals surface area (Å²) in [5, 5.41) is 48.0. The van der Waals surface area contributed by atoms with Gasteiger partial charge in [0.2, 0.25) is 0 Å². The van der Waals surface area contributed by atoms with Crippen LogP contribution in [-0.2, 0) is 15.9 Å². The maximum atomic E-state index is 12.0. The summed E-state index contributed by atoms with van der Waals surface area (Å²) in [5.74, 6) is -1.78. The Morgan fingerprint density at radius 2 is 1.19 bits per heavy atom. The largest absolute Gasteiger partial charge is 0.504 e. The van der Waals surface area contributed by atoms with E-state index < -0.39 is 35.4 Å². The van der Waals surface area contributed by atoms with E-state index in [-0.39, 0.29) is 32.0 Å². The molecule has 0 fully saturated rings. The summed E-state index contributed by atoms with van der Waals surface area (Å²) in [4.78, 5) is 12.0. The molecular weight excluding hydrogens is 484 g/mol. The van der Waals surface area contributed by atoms with Gasteiger partial charge in [0, 0.05) is 7.11 Å². The lowest BCUT2D eigenvalue weighted by atomic mass is 10.0. The third-order valence-corrected chi connectivity index (χ3v) is 5.21. The van der Waals surface area contributed by atoms with Gasteiger partial charge < -0.3 is 44.5 Å². The number of aliphatic hydroxyl groups is 2. The number of benzene rings is 3. The number of methoxy groups -OCH3 is 1. The molecule has 0 amide bonds. The van der Waals surface area contributed by atoms with Gasteiger partial charge >= 0.3 is 5.97 Å². The molecule has 0 aliphatic rings. The lowest BCUT2D eigenvalue weighted by molar-refractivity contribution is 0.0129. The summed E-state index contributed by atoms with van der Waals surface area (Å²) >= 11 is 0. The van der Waals surface area contributed by atoms with Crippen LogP contribution in [0.2, 0.25) is 0 Å². The Balaban J connectivity index is 1.41. The number of hydrogen-bond acceptors (Lipinski definition) is 10. The Hall–Kier alpha value is -3.99. The Morgan fingerprint density at radius 1 is 0.730 bits per heavy atom. The zero-order valence-corrected chi connectivity index (χ0v) is 20.2. The number of phenolic OH excluding ortho intramolecular Hbond substituents is 3. The van der Waals surface area contributed by atoms with Crippen LogP contribution in [0.4, 0.5) is 0 Å². The third-order valence-electron chi connectivity index (χ3n) is 5.21. The van der Waals surface area contributed by atoms with Crippen molar-refractivity contribution in [3.8, 4) is 28.7 Å². The second-order valence-corrected chi connectivity index (χ2v) is 8.31. The van der Waals surface area contributed by atoms with Crippen LogP contribution < -0.4 is 9.47 Å². The molecule has 5 N–H and O–H groups in total. The minimum Gasteiger partial charge on any atom is -0.504 e. The number of ether oxygens (including phenoxy) is 4. The number of hydrogen-bond donors (Lipinski definition) is 5. The fourth-order valence-corrected chi connectivity index (χ4v) is 3.29. The maximum Gasteiger partial charge on any atom is 0.338 e. The first-order chi connectivity index (χ1) is 17.7. The standard InChI is InChI=1S/C27H30O10/c1-34-13-20(28)14-35-22-6-2-17(3-7-22)10-18-4-8-23(9-5-18)36-15-21(29)16-37-27(33)19-11-24(30)26(32)25(31)12-19/h2-9,11-12,20-21,28-32H,10,13-16H2,1H3. The number of aliphatic hydroxyl groups excluding tert-OH is 2. The highest BCUT2D eigenvalue weighted by molar-refractivity contribution is 5.91. The summed E-state index contributed by atoms with van der Waals surface area (Å²) in [6.07, 6.45) is -1.11. The molecule has 198 valence electrons. The van der Waals surface area contributed by atoms with Crippen LogP contribution in [0.25, 0.3) is 0 Å². The number of phenols is 3. The van der Waals surface area contributed by atoms with Crippen molar-refractivity contribution in [1.29, 1.82) is 0 Å². The molecule has 0 aromatic heterocycles. The molecule has 0 bridgehead atoms. The van der Waals surface area contributed by atoms with Gasteiger partial charge in [-0.2, -0.15) is 0 Å². The van der Waals surface area contributed by atoms with Crippen LogP contribution in [-0.4, -0.2) is 77.2 Å². The summed E-state index contributed by atoms with van der Waals surface area (Å²) in [5.41, 5.74) is 1.94. The van der Waals surface area contributed by atoms with Crippen LogP contribution in [0.5, 0.6) is 28.7 Å². The lowest BCUT2D eigenvalue weighted by Gasteiger charge is -2.14. The summed E-state index contributed by atoms with van der Waals surface area (Å²) in [6, 6.07) is 16.8. The molecule has 0 aliphatic carbocycles. The van der Waals surface area contributed by atoms with Crippen molar-refractivity contribution < 1.29 is 49.3 Å². The van der Waals surface area contributed by atoms with E-state index in [0.717, 1.165) is 23.3 Å². The second kappa shape index (κ2) is 13.4. The first kappa shape index (κ1) is 27.6. The van der Waals surface area contributed by atoms with Crippen LogP contribution >= 0.6 is 0 Å². The fourth-order valence-electron chi connectivity index (χ4n) is 3.29. The predicted molar refractivity (Wildman–Crippen MR) is 132 cm³/mol. The summed E-state index contributed by atoms with van der Waals surface area (Å²) < 4.78 is 20.9. The Kier molecular flexibility index (Phi) is 9.96. The van der Waals surface area contributed by atoms with Gasteiger partial charge in [0.1, 0.15) is 43.5 Å². The maximum absolute atomic E-state index is 12.0. The molecule has 3 rings (SSSR count). The van der Waals surface area contributed by atoms with Crippen molar-refractivity contribution in [2.45, 2.75) is 18.6 Å². The zero-order chi connectivity index (χ0) is 26.8. The molecule has 0 heterocycles. The van der Waals surface area contributed by atoms with E-state index in [0.29, 0.717) is 17.9 Å². The SMILES string of the molecule is COCC(O)COc1ccc(Cc2ccc(OCC(O)COC(=O)c3cc(O)c(O)c(O)c3)cc2)cc1. The average molecular weight is 515 g/mol. The highest BCUT2D eigenvalue weighted by Gasteiger charge is 2.16. The summed E-state index contributed by atoms with van der Waals surface area (Å²) in [6.45, 7) is -0.133. The van der Waals surface area contributed by atoms with Crippen molar-refractivity contribution in [2.24, 2.45) is 0 Å². The smallest absolute Gasteiger partial charge is 0.338 e. The minimum absolute atomic E-state index is 0.126. The van der Waals surface area contributed by atoms with Gasteiger partial charge in [-0.1, -0.05) is 24.3 Å². The van der Waals surface area contributed by atoms with Crippen molar-refractivity contribution in [3.63, 3.8) is 0 Å². The lowest BCUT2D eigenvalue weighted by Crippen LogP contribution is -2.25. The molecule has 3 aromatic carbocycles. The Morgan fingerprint density at radius 3 is 1.65 bits per heavy atom. The van der Waals surface area contributed by atoms with Crippen LogP contribution in [0.1, 0.15) is 21.5 Å². The van der Waals surface area contributed by atoms with Crippen molar-refractivity contribution >= 4 is 5.97 Å². The van der Waals surface area contributed by atoms with Crippen molar-refractivity contribution in [2.75, 3.05) is 33.5 Å². The predicted octanol–water partition coefficient (Wildman–Crippen LogP) is 2.38. The van der Waals surface area contributed by atoms with Crippen molar-refractivity contribution in [3.05, 3.63) is 77.4 Å². The van der Waals surface area contributed by atoms with Crippen molar-refractivity contribution in [1.82, 2.24) is 0 Å². The van der Waals surface area contributed by atoms with Gasteiger partial charge in [-0.05, 0) is 53.9 Å². The molecule has 2 unspecified atom stereocenters. The number of esters is 1. The molecule has 10 heteroatoms. The Labute approximate surface area is 213 Å². The molecule has 37 heavy (non-hydrogen) atoms. The normalized spacial score (nSPS) is 12.5. The van der Waals surface area contributed by atoms with Crippen LogP contribution in [0.15, 0.2) is 60.7 Å². The molecular formula is C27H30O10. The van der Waals surface area contributed by atoms with Gasteiger partial charge in [-0.25, -0.2) is 4.79 Å². The minimum atomic E-state index is -1.11. The molecule has 0 saturated heterocycles. The summed E-state index contributed by atoms with van der Waals surface area (Å²) in [7, 11) is 1.52. The second-order valence-electron chi connectivity index (χ2n) is 8.31. The van der Waals surface area contributed by atoms with E-state index in [1.807, 2.05) is 36.4 Å². The van der Waals surface area contributed by atoms with E-state index in [1.165, 1.54) is 7.11 Å². The van der Waals surface area contributed by atoms with Gasteiger partial charge in [-0.3, -0.25) is 0 Å². The van der Waals surface area contributed by atoms with E-state index in [9.17, 15) is 30.3 Å².